The van der Waals surface area contributed by atoms with E-state index in [1.54, 1.807) is 12.1 Å². The summed E-state index contributed by atoms with van der Waals surface area (Å²) in [5.74, 6) is 0.362. The number of amides is 1. The van der Waals surface area contributed by atoms with Crippen molar-refractivity contribution in [3.05, 3.63) is 63.1 Å². The number of pyridine rings is 1. The lowest BCUT2D eigenvalue weighted by Gasteiger charge is -2.13. The van der Waals surface area contributed by atoms with E-state index < -0.39 is 17.4 Å². The first-order chi connectivity index (χ1) is 11.9. The Balaban J connectivity index is 2.55. The number of nitrogens with one attached hydrogen (secondary N) is 1. The minimum Gasteiger partial charge on any atom is -0.478 e. The quantitative estimate of drug-likeness (QED) is 0.824. The molecular weight excluding hydrogens is 322 g/mol. The number of aromatic carboxylic acids is 1. The number of carbonyl (C=O) groups excluding carboxylic acids is 1. The molecule has 1 heterocycles. The molecule has 0 radical (unpaired) electrons. The van der Waals surface area contributed by atoms with Gasteiger partial charge in [0.1, 0.15) is 17.3 Å². The molecule has 7 nitrogen and oxygen atoms in total. The molecule has 0 aliphatic carbocycles. The third kappa shape index (κ3) is 3.41. The number of carbonyl (C=O) groups is 2. The monoisotopic (exact) mass is 335 g/mol. The maximum Gasteiger partial charge on any atom is 0.337 e. The Bertz CT molecular complexity index is 1010. The minimum absolute atomic E-state index is 0.0559. The highest BCUT2D eigenvalue weighted by atomic mass is 16.4. The van der Waals surface area contributed by atoms with Gasteiger partial charge in [-0.05, 0) is 30.7 Å². The Hall–Kier alpha value is -3.84. The number of rotatable bonds is 4. The van der Waals surface area contributed by atoms with Gasteiger partial charge in [0.05, 0.1) is 17.8 Å². The van der Waals surface area contributed by atoms with E-state index in [9.17, 15) is 19.5 Å². The fraction of sp³-hybridized carbons (Fsp3) is 0.111. The number of benzene rings is 1. The van der Waals surface area contributed by atoms with E-state index in [4.69, 9.17) is 11.7 Å². The number of carboxylic acid groups (broad SMARTS) is 1. The molecule has 25 heavy (non-hydrogen) atoms. The summed E-state index contributed by atoms with van der Waals surface area (Å²) < 4.78 is 1.00. The van der Waals surface area contributed by atoms with Gasteiger partial charge in [-0.25, -0.2) is 4.79 Å². The summed E-state index contributed by atoms with van der Waals surface area (Å²) in [5.41, 5.74) is -0.499. The van der Waals surface area contributed by atoms with Gasteiger partial charge >= 0.3 is 5.97 Å². The highest BCUT2D eigenvalue weighted by Crippen LogP contribution is 2.16. The zero-order valence-corrected chi connectivity index (χ0v) is 13.2. The fourth-order valence-electron chi connectivity index (χ4n) is 2.31. The molecule has 1 aromatic heterocycles. The standard InChI is InChI=1S/C18H13N3O4/c1-3-8-21-15(9-11(2)13(10-19)17(21)23)16(22)20-14-7-5-4-6-12(14)18(24)25/h1,4-7,9H,8H2,2H3,(H,20,22)(H,24,25). The van der Waals surface area contributed by atoms with E-state index in [1.807, 2.05) is 0 Å². The van der Waals surface area contributed by atoms with Crippen LogP contribution in [0.25, 0.3) is 0 Å². The van der Waals surface area contributed by atoms with Crippen LogP contribution < -0.4 is 10.9 Å². The SMILES string of the molecule is C#CCn1c(C(=O)Nc2ccccc2C(=O)O)cc(C)c(C#N)c1=O. The van der Waals surface area contributed by atoms with Crippen molar-refractivity contribution in [1.82, 2.24) is 4.57 Å². The molecule has 1 aromatic carbocycles. The summed E-state index contributed by atoms with van der Waals surface area (Å²) in [5, 5.41) is 20.7. The molecule has 2 rings (SSSR count). The molecule has 124 valence electrons. The van der Waals surface area contributed by atoms with Crippen LogP contribution >= 0.6 is 0 Å². The van der Waals surface area contributed by atoms with Crippen LogP contribution in [0.2, 0.25) is 0 Å². The third-order valence-corrected chi connectivity index (χ3v) is 3.50. The number of para-hydroxylation sites is 1. The number of anilines is 1. The number of aromatic nitrogens is 1. The summed E-state index contributed by atoms with van der Waals surface area (Å²) in [6.07, 6.45) is 5.24. The van der Waals surface area contributed by atoms with Crippen LogP contribution in [0.5, 0.6) is 0 Å². The molecule has 0 atom stereocenters. The molecule has 0 spiro atoms. The average molecular weight is 335 g/mol. The van der Waals surface area contributed by atoms with Crippen molar-refractivity contribution in [3.8, 4) is 18.4 Å². The number of nitrogens with zero attached hydrogens (tertiary/aromatic N) is 2. The van der Waals surface area contributed by atoms with Crippen molar-refractivity contribution in [2.45, 2.75) is 13.5 Å². The van der Waals surface area contributed by atoms with Gasteiger partial charge < -0.3 is 10.4 Å². The van der Waals surface area contributed by atoms with Crippen molar-refractivity contribution in [3.63, 3.8) is 0 Å². The second kappa shape index (κ2) is 7.16. The summed E-state index contributed by atoms with van der Waals surface area (Å²) in [7, 11) is 0. The van der Waals surface area contributed by atoms with Crippen LogP contribution in [0.1, 0.15) is 32.0 Å². The molecule has 0 aliphatic heterocycles. The summed E-state index contributed by atoms with van der Waals surface area (Å²) in [6.45, 7) is 1.33. The van der Waals surface area contributed by atoms with Gasteiger partial charge in [-0.2, -0.15) is 5.26 Å². The van der Waals surface area contributed by atoms with Gasteiger partial charge in [-0.3, -0.25) is 14.2 Å². The predicted octanol–water partition coefficient (Wildman–Crippen LogP) is 1.61. The van der Waals surface area contributed by atoms with E-state index >= 15 is 0 Å². The Labute approximate surface area is 143 Å². The van der Waals surface area contributed by atoms with E-state index in [2.05, 4.69) is 11.2 Å². The minimum atomic E-state index is -1.20. The van der Waals surface area contributed by atoms with Crippen molar-refractivity contribution < 1.29 is 14.7 Å². The lowest BCUT2D eigenvalue weighted by atomic mass is 10.1. The fourth-order valence-corrected chi connectivity index (χ4v) is 2.31. The molecule has 0 aliphatic rings. The maximum atomic E-state index is 12.6. The smallest absolute Gasteiger partial charge is 0.337 e. The van der Waals surface area contributed by atoms with Crippen LogP contribution in [-0.2, 0) is 6.54 Å². The molecular formula is C18H13N3O4. The van der Waals surface area contributed by atoms with Gasteiger partial charge in [0.15, 0.2) is 0 Å². The van der Waals surface area contributed by atoms with Crippen LogP contribution in [0.3, 0.4) is 0 Å². The Morgan fingerprint density at radius 3 is 2.64 bits per heavy atom. The van der Waals surface area contributed by atoms with Gasteiger partial charge in [-0.1, -0.05) is 18.1 Å². The normalized spacial score (nSPS) is 9.72. The molecule has 0 saturated carbocycles. The lowest BCUT2D eigenvalue weighted by Crippen LogP contribution is -2.31. The average Bonchev–Trinajstić information content (AvgIpc) is 2.57. The number of nitriles is 1. The van der Waals surface area contributed by atoms with Crippen LogP contribution in [0.15, 0.2) is 35.1 Å². The van der Waals surface area contributed by atoms with Crippen molar-refractivity contribution in [1.29, 1.82) is 5.26 Å². The summed E-state index contributed by atoms with van der Waals surface area (Å²) in [6, 6.07) is 9.03. The van der Waals surface area contributed by atoms with Crippen LogP contribution in [0, 0.1) is 30.6 Å². The molecule has 0 bridgehead atoms. The number of carboxylic acids is 1. The van der Waals surface area contributed by atoms with Crippen molar-refractivity contribution in [2.75, 3.05) is 5.32 Å². The van der Waals surface area contributed by atoms with E-state index in [0.29, 0.717) is 5.56 Å². The zero-order chi connectivity index (χ0) is 18.6. The first kappa shape index (κ1) is 17.5. The van der Waals surface area contributed by atoms with Crippen LogP contribution in [0.4, 0.5) is 5.69 Å². The number of hydrogen-bond donors (Lipinski definition) is 2. The predicted molar refractivity (Wildman–Crippen MR) is 90.3 cm³/mol. The zero-order valence-electron chi connectivity index (χ0n) is 13.2. The Morgan fingerprint density at radius 1 is 1.36 bits per heavy atom. The van der Waals surface area contributed by atoms with Gasteiger partial charge in [0.2, 0.25) is 0 Å². The molecule has 7 heteroatoms. The van der Waals surface area contributed by atoms with Gasteiger partial charge in [0.25, 0.3) is 11.5 Å². The second-order valence-electron chi connectivity index (χ2n) is 5.10. The van der Waals surface area contributed by atoms with Gasteiger partial charge in [-0.15, -0.1) is 6.42 Å². The lowest BCUT2D eigenvalue weighted by molar-refractivity contribution is 0.0698. The number of hydrogen-bond acceptors (Lipinski definition) is 4. The molecule has 2 N–H and O–H groups in total. The Kier molecular flexibility index (Phi) is 5.01. The number of terminal acetylenes is 1. The molecule has 0 saturated heterocycles. The highest BCUT2D eigenvalue weighted by Gasteiger charge is 2.19. The maximum absolute atomic E-state index is 12.6. The van der Waals surface area contributed by atoms with Gasteiger partial charge in [0, 0.05) is 0 Å². The first-order valence-electron chi connectivity index (χ1n) is 7.12. The largest absolute Gasteiger partial charge is 0.478 e. The molecule has 2 aromatic rings. The first-order valence-corrected chi connectivity index (χ1v) is 7.12. The van der Waals surface area contributed by atoms with Crippen molar-refractivity contribution >= 4 is 17.6 Å². The molecule has 0 fully saturated rings. The van der Waals surface area contributed by atoms with E-state index in [1.165, 1.54) is 31.2 Å². The Morgan fingerprint density at radius 2 is 2.04 bits per heavy atom. The van der Waals surface area contributed by atoms with Crippen LogP contribution in [-0.4, -0.2) is 21.6 Å². The molecule has 0 unspecified atom stereocenters. The topological polar surface area (TPSA) is 112 Å². The third-order valence-electron chi connectivity index (χ3n) is 3.50. The second-order valence-corrected chi connectivity index (χ2v) is 5.10. The van der Waals surface area contributed by atoms with E-state index in [0.717, 1.165) is 4.57 Å². The van der Waals surface area contributed by atoms with Crippen molar-refractivity contribution in [2.24, 2.45) is 0 Å². The summed E-state index contributed by atoms with van der Waals surface area (Å²) in [4.78, 5) is 36.1. The number of aryl methyl sites for hydroxylation is 1. The highest BCUT2D eigenvalue weighted by molar-refractivity contribution is 6.07. The summed E-state index contributed by atoms with van der Waals surface area (Å²) >= 11 is 0. The van der Waals surface area contributed by atoms with E-state index in [-0.39, 0.29) is 29.1 Å². The molecule has 1 amide bonds.